The molecule has 1 aromatic rings. The van der Waals surface area contributed by atoms with Crippen molar-refractivity contribution < 1.29 is 9.53 Å². The molecule has 0 saturated carbocycles. The summed E-state index contributed by atoms with van der Waals surface area (Å²) >= 11 is 5.73. The SMILES string of the molecule is COCC(=O)N1CCc2cc(CCCl)ccc21. The van der Waals surface area contributed by atoms with E-state index in [2.05, 4.69) is 6.07 Å². The fourth-order valence-corrected chi connectivity index (χ4v) is 2.40. The van der Waals surface area contributed by atoms with Crippen LogP contribution in [0.3, 0.4) is 0 Å². The lowest BCUT2D eigenvalue weighted by Gasteiger charge is -2.16. The monoisotopic (exact) mass is 253 g/mol. The van der Waals surface area contributed by atoms with Crippen LogP contribution in [0.25, 0.3) is 0 Å². The Kier molecular flexibility index (Phi) is 4.02. The third-order valence-electron chi connectivity index (χ3n) is 2.99. The number of hydrogen-bond acceptors (Lipinski definition) is 2. The molecule has 0 N–H and O–H groups in total. The van der Waals surface area contributed by atoms with Crippen LogP contribution in [0.1, 0.15) is 11.1 Å². The zero-order chi connectivity index (χ0) is 12.3. The number of ether oxygens (including phenoxy) is 1. The summed E-state index contributed by atoms with van der Waals surface area (Å²) in [6, 6.07) is 6.20. The first kappa shape index (κ1) is 12.4. The van der Waals surface area contributed by atoms with E-state index >= 15 is 0 Å². The van der Waals surface area contributed by atoms with Crippen LogP contribution in [-0.2, 0) is 22.4 Å². The van der Waals surface area contributed by atoms with Gasteiger partial charge < -0.3 is 9.64 Å². The highest BCUT2D eigenvalue weighted by molar-refractivity contribution is 6.18. The molecule has 1 amide bonds. The van der Waals surface area contributed by atoms with E-state index < -0.39 is 0 Å². The second kappa shape index (κ2) is 5.52. The molecular formula is C13H16ClNO2. The minimum absolute atomic E-state index is 0.0244. The molecule has 0 aliphatic carbocycles. The molecular weight excluding hydrogens is 238 g/mol. The van der Waals surface area contributed by atoms with E-state index in [0.29, 0.717) is 5.88 Å². The highest BCUT2D eigenvalue weighted by Gasteiger charge is 2.24. The number of aryl methyl sites for hydroxylation is 1. The van der Waals surface area contributed by atoms with Crippen LogP contribution in [0, 0.1) is 0 Å². The number of amides is 1. The van der Waals surface area contributed by atoms with Crippen molar-refractivity contribution in [3.63, 3.8) is 0 Å². The van der Waals surface area contributed by atoms with Gasteiger partial charge in [0.2, 0.25) is 0 Å². The van der Waals surface area contributed by atoms with Crippen molar-refractivity contribution in [1.82, 2.24) is 0 Å². The van der Waals surface area contributed by atoms with Gasteiger partial charge in [0.25, 0.3) is 5.91 Å². The average Bonchev–Trinajstić information content (AvgIpc) is 2.73. The minimum atomic E-state index is 0.0244. The number of rotatable bonds is 4. The summed E-state index contributed by atoms with van der Waals surface area (Å²) in [6.07, 6.45) is 1.79. The molecule has 0 atom stereocenters. The smallest absolute Gasteiger partial charge is 0.252 e. The summed E-state index contributed by atoms with van der Waals surface area (Å²) in [4.78, 5) is 13.6. The quantitative estimate of drug-likeness (QED) is 0.769. The summed E-state index contributed by atoms with van der Waals surface area (Å²) in [6.45, 7) is 0.894. The van der Waals surface area contributed by atoms with Gasteiger partial charge in [-0.2, -0.15) is 0 Å². The van der Waals surface area contributed by atoms with Gasteiger partial charge in [0.15, 0.2) is 0 Å². The number of benzene rings is 1. The Morgan fingerprint density at radius 3 is 3.06 bits per heavy atom. The zero-order valence-corrected chi connectivity index (χ0v) is 10.7. The first-order chi connectivity index (χ1) is 8.26. The molecule has 4 heteroatoms. The molecule has 1 aromatic carbocycles. The molecule has 3 nitrogen and oxygen atoms in total. The Morgan fingerprint density at radius 1 is 1.53 bits per heavy atom. The fraction of sp³-hybridized carbons (Fsp3) is 0.462. The van der Waals surface area contributed by atoms with Crippen molar-refractivity contribution in [3.05, 3.63) is 29.3 Å². The molecule has 0 unspecified atom stereocenters. The van der Waals surface area contributed by atoms with Crippen molar-refractivity contribution in [2.75, 3.05) is 31.0 Å². The molecule has 0 saturated heterocycles. The summed E-state index contributed by atoms with van der Waals surface area (Å²) in [7, 11) is 1.54. The van der Waals surface area contributed by atoms with E-state index in [1.807, 2.05) is 12.1 Å². The Bertz CT molecular complexity index is 420. The second-order valence-corrected chi connectivity index (χ2v) is 4.51. The predicted octanol–water partition coefficient (Wildman–Crippen LogP) is 2.00. The Morgan fingerprint density at radius 2 is 2.35 bits per heavy atom. The van der Waals surface area contributed by atoms with Crippen LogP contribution in [0.4, 0.5) is 5.69 Å². The number of alkyl halides is 1. The number of fused-ring (bicyclic) bond motifs is 1. The first-order valence-corrected chi connectivity index (χ1v) is 6.26. The number of nitrogens with zero attached hydrogens (tertiary/aromatic N) is 1. The Balaban J connectivity index is 2.18. The van der Waals surface area contributed by atoms with Gasteiger partial charge in [-0.15, -0.1) is 11.6 Å². The standard InChI is InChI=1S/C13H16ClNO2/c1-17-9-13(16)15-7-5-11-8-10(4-6-14)2-3-12(11)15/h2-3,8H,4-7,9H2,1H3. The van der Waals surface area contributed by atoms with Crippen molar-refractivity contribution in [3.8, 4) is 0 Å². The summed E-state index contributed by atoms with van der Waals surface area (Å²) in [5.41, 5.74) is 3.49. The number of anilines is 1. The van der Waals surface area contributed by atoms with E-state index in [9.17, 15) is 4.79 Å². The molecule has 92 valence electrons. The van der Waals surface area contributed by atoms with E-state index in [1.165, 1.54) is 11.1 Å². The Labute approximate surface area is 106 Å². The van der Waals surface area contributed by atoms with Crippen molar-refractivity contribution in [2.45, 2.75) is 12.8 Å². The number of halogens is 1. The van der Waals surface area contributed by atoms with Crippen LogP contribution in [0.2, 0.25) is 0 Å². The highest BCUT2D eigenvalue weighted by Crippen LogP contribution is 2.29. The van der Waals surface area contributed by atoms with Gasteiger partial charge in [0, 0.05) is 25.2 Å². The molecule has 1 heterocycles. The number of carbonyl (C=O) groups excluding carboxylic acids is 1. The summed E-state index contributed by atoms with van der Waals surface area (Å²) in [5.74, 6) is 0.654. The highest BCUT2D eigenvalue weighted by atomic mass is 35.5. The van der Waals surface area contributed by atoms with Crippen molar-refractivity contribution >= 4 is 23.2 Å². The summed E-state index contributed by atoms with van der Waals surface area (Å²) < 4.78 is 4.88. The van der Waals surface area contributed by atoms with Gasteiger partial charge >= 0.3 is 0 Å². The normalized spacial score (nSPS) is 13.9. The van der Waals surface area contributed by atoms with Gasteiger partial charge in [-0.1, -0.05) is 12.1 Å². The number of hydrogen-bond donors (Lipinski definition) is 0. The maximum absolute atomic E-state index is 11.8. The lowest BCUT2D eigenvalue weighted by molar-refractivity contribution is -0.122. The predicted molar refractivity (Wildman–Crippen MR) is 68.8 cm³/mol. The number of methoxy groups -OCH3 is 1. The van der Waals surface area contributed by atoms with Crippen LogP contribution < -0.4 is 4.90 Å². The zero-order valence-electron chi connectivity index (χ0n) is 9.91. The fourth-order valence-electron chi connectivity index (χ4n) is 2.18. The largest absolute Gasteiger partial charge is 0.375 e. The molecule has 0 fully saturated rings. The molecule has 0 bridgehead atoms. The molecule has 17 heavy (non-hydrogen) atoms. The average molecular weight is 254 g/mol. The molecule has 2 rings (SSSR count). The van der Waals surface area contributed by atoms with Gasteiger partial charge in [0.05, 0.1) is 0 Å². The van der Waals surface area contributed by atoms with E-state index in [0.717, 1.165) is 25.1 Å². The van der Waals surface area contributed by atoms with E-state index in [4.69, 9.17) is 16.3 Å². The van der Waals surface area contributed by atoms with E-state index in [1.54, 1.807) is 12.0 Å². The van der Waals surface area contributed by atoms with Gasteiger partial charge in [0.1, 0.15) is 6.61 Å². The van der Waals surface area contributed by atoms with Crippen LogP contribution in [0.5, 0.6) is 0 Å². The maximum atomic E-state index is 11.8. The van der Waals surface area contributed by atoms with Crippen LogP contribution in [-0.4, -0.2) is 32.0 Å². The topological polar surface area (TPSA) is 29.5 Å². The number of carbonyl (C=O) groups is 1. The van der Waals surface area contributed by atoms with E-state index in [-0.39, 0.29) is 12.5 Å². The molecule has 0 spiro atoms. The third kappa shape index (κ3) is 2.61. The first-order valence-electron chi connectivity index (χ1n) is 5.73. The lowest BCUT2D eigenvalue weighted by Crippen LogP contribution is -2.31. The second-order valence-electron chi connectivity index (χ2n) is 4.13. The maximum Gasteiger partial charge on any atom is 0.252 e. The molecule has 0 aromatic heterocycles. The van der Waals surface area contributed by atoms with Gasteiger partial charge in [-0.25, -0.2) is 0 Å². The van der Waals surface area contributed by atoms with Crippen molar-refractivity contribution in [2.24, 2.45) is 0 Å². The molecule has 1 aliphatic rings. The minimum Gasteiger partial charge on any atom is -0.375 e. The van der Waals surface area contributed by atoms with Crippen LogP contribution in [0.15, 0.2) is 18.2 Å². The van der Waals surface area contributed by atoms with Gasteiger partial charge in [-0.3, -0.25) is 4.79 Å². The third-order valence-corrected chi connectivity index (χ3v) is 3.18. The molecule has 1 aliphatic heterocycles. The van der Waals surface area contributed by atoms with Crippen LogP contribution >= 0.6 is 11.6 Å². The lowest BCUT2D eigenvalue weighted by atomic mass is 10.1. The molecule has 0 radical (unpaired) electrons. The van der Waals surface area contributed by atoms with Crippen molar-refractivity contribution in [1.29, 1.82) is 0 Å². The van der Waals surface area contributed by atoms with Gasteiger partial charge in [-0.05, 0) is 30.0 Å². The summed E-state index contributed by atoms with van der Waals surface area (Å²) in [5, 5.41) is 0. The Hall–Kier alpha value is -1.06.